The van der Waals surface area contributed by atoms with Crippen LogP contribution >= 0.6 is 11.9 Å². The molecule has 0 aromatic heterocycles. The topological polar surface area (TPSA) is 20.3 Å². The van der Waals surface area contributed by atoms with Gasteiger partial charge < -0.3 is 4.79 Å². The van der Waals surface area contributed by atoms with Gasteiger partial charge >= 0.3 is 0 Å². The van der Waals surface area contributed by atoms with Crippen molar-refractivity contribution in [1.82, 2.24) is 4.31 Å². The maximum Gasteiger partial charge on any atom is 0.123 e. The average Bonchev–Trinajstić information content (AvgIpc) is 2.34. The average molecular weight is 263 g/mol. The number of hydrogen-bond acceptors (Lipinski definition) is 3. The predicted octanol–water partition coefficient (Wildman–Crippen LogP) is 3.53. The smallest absolute Gasteiger partial charge is 0.123 e. The molecule has 2 nitrogen and oxygen atoms in total. The summed E-state index contributed by atoms with van der Waals surface area (Å²) in [5, 5.41) is 0. The van der Waals surface area contributed by atoms with Crippen molar-refractivity contribution in [2.24, 2.45) is 5.92 Å². The summed E-state index contributed by atoms with van der Waals surface area (Å²) in [7, 11) is 0. The number of hydrogen-bond donors (Lipinski definition) is 0. The zero-order chi connectivity index (χ0) is 13.1. The van der Waals surface area contributed by atoms with E-state index in [4.69, 9.17) is 0 Å². The molecular weight excluding hydrogens is 242 g/mol. The van der Waals surface area contributed by atoms with Gasteiger partial charge in [0.15, 0.2) is 0 Å². The van der Waals surface area contributed by atoms with Crippen LogP contribution in [0.25, 0.3) is 0 Å². The van der Waals surface area contributed by atoms with Crippen LogP contribution in [-0.4, -0.2) is 23.7 Å². The normalized spacial score (nSPS) is 17.9. The Morgan fingerprint density at radius 3 is 2.22 bits per heavy atom. The van der Waals surface area contributed by atoms with Crippen LogP contribution in [0.4, 0.5) is 0 Å². The summed E-state index contributed by atoms with van der Waals surface area (Å²) in [5.74, 6) is 0.280. The van der Waals surface area contributed by atoms with E-state index >= 15 is 0 Å². The fourth-order valence-corrected chi connectivity index (χ4v) is 3.60. The van der Waals surface area contributed by atoms with Crippen molar-refractivity contribution < 1.29 is 4.79 Å². The first-order chi connectivity index (χ1) is 8.60. The predicted molar refractivity (Wildman–Crippen MR) is 76.9 cm³/mol. The Labute approximate surface area is 114 Å². The summed E-state index contributed by atoms with van der Waals surface area (Å²) in [4.78, 5) is 12.1. The lowest BCUT2D eigenvalue weighted by molar-refractivity contribution is -0.112. The number of carbonyl (C=O) groups excluding carboxylic acids is 1. The van der Waals surface area contributed by atoms with E-state index in [9.17, 15) is 4.79 Å². The number of aryl methyl sites for hydroxylation is 3. The van der Waals surface area contributed by atoms with Crippen LogP contribution in [0.15, 0.2) is 17.0 Å². The Bertz CT molecular complexity index is 413. The van der Waals surface area contributed by atoms with E-state index in [1.807, 2.05) is 11.9 Å². The lowest BCUT2D eigenvalue weighted by atomic mass is 10.0. The molecule has 1 aliphatic heterocycles. The molecule has 1 fully saturated rings. The van der Waals surface area contributed by atoms with Crippen molar-refractivity contribution in [3.8, 4) is 0 Å². The third kappa shape index (κ3) is 3.15. The van der Waals surface area contributed by atoms with Gasteiger partial charge in [0, 0.05) is 23.9 Å². The third-order valence-corrected chi connectivity index (χ3v) is 4.97. The molecule has 0 aliphatic carbocycles. The van der Waals surface area contributed by atoms with E-state index in [-0.39, 0.29) is 5.92 Å². The molecule has 98 valence electrons. The van der Waals surface area contributed by atoms with Gasteiger partial charge in [-0.25, -0.2) is 4.31 Å². The van der Waals surface area contributed by atoms with Gasteiger partial charge in [-0.2, -0.15) is 0 Å². The van der Waals surface area contributed by atoms with Gasteiger partial charge in [-0.3, -0.25) is 0 Å². The molecule has 2 rings (SSSR count). The van der Waals surface area contributed by atoms with Crippen LogP contribution in [0.2, 0.25) is 0 Å². The maximum atomic E-state index is 10.7. The summed E-state index contributed by atoms with van der Waals surface area (Å²) in [6, 6.07) is 4.49. The SMILES string of the molecule is Cc1cc(C)c(SN2CCC(C=O)CC2)c(C)c1. The molecule has 0 amide bonds. The molecule has 0 bridgehead atoms. The quantitative estimate of drug-likeness (QED) is 0.614. The number of aldehydes is 1. The van der Waals surface area contributed by atoms with Crippen LogP contribution in [-0.2, 0) is 4.79 Å². The van der Waals surface area contributed by atoms with Crippen molar-refractivity contribution in [2.75, 3.05) is 13.1 Å². The van der Waals surface area contributed by atoms with E-state index in [2.05, 4.69) is 37.2 Å². The van der Waals surface area contributed by atoms with E-state index in [1.54, 1.807) is 0 Å². The highest BCUT2D eigenvalue weighted by Crippen LogP contribution is 2.32. The molecule has 1 heterocycles. The van der Waals surface area contributed by atoms with Crippen molar-refractivity contribution in [1.29, 1.82) is 0 Å². The minimum atomic E-state index is 0.280. The monoisotopic (exact) mass is 263 g/mol. The van der Waals surface area contributed by atoms with E-state index in [0.29, 0.717) is 0 Å². The molecular formula is C15H21NOS. The van der Waals surface area contributed by atoms with Gasteiger partial charge in [0.05, 0.1) is 0 Å². The first kappa shape index (κ1) is 13.6. The summed E-state index contributed by atoms with van der Waals surface area (Å²) in [6.07, 6.45) is 3.12. The maximum absolute atomic E-state index is 10.7. The number of nitrogens with zero attached hydrogens (tertiary/aromatic N) is 1. The summed E-state index contributed by atoms with van der Waals surface area (Å²) in [5.41, 5.74) is 4.04. The zero-order valence-electron chi connectivity index (χ0n) is 11.4. The van der Waals surface area contributed by atoms with Crippen molar-refractivity contribution in [2.45, 2.75) is 38.5 Å². The second kappa shape index (κ2) is 5.89. The summed E-state index contributed by atoms with van der Waals surface area (Å²) >= 11 is 1.86. The minimum absolute atomic E-state index is 0.280. The number of rotatable bonds is 3. The molecule has 0 saturated carbocycles. The Morgan fingerprint density at radius 2 is 1.72 bits per heavy atom. The number of carbonyl (C=O) groups is 1. The highest BCUT2D eigenvalue weighted by atomic mass is 32.2. The van der Waals surface area contributed by atoms with Crippen molar-refractivity contribution >= 4 is 18.2 Å². The second-order valence-corrected chi connectivity index (χ2v) is 6.33. The number of benzene rings is 1. The lowest BCUT2D eigenvalue weighted by Gasteiger charge is -2.29. The van der Waals surface area contributed by atoms with E-state index in [0.717, 1.165) is 32.2 Å². The van der Waals surface area contributed by atoms with E-state index < -0.39 is 0 Å². The van der Waals surface area contributed by atoms with Crippen molar-refractivity contribution in [3.63, 3.8) is 0 Å². The van der Waals surface area contributed by atoms with Crippen LogP contribution < -0.4 is 0 Å². The van der Waals surface area contributed by atoms with Crippen LogP contribution in [0, 0.1) is 26.7 Å². The van der Waals surface area contributed by atoms with Gasteiger partial charge in [-0.15, -0.1) is 0 Å². The molecule has 1 aromatic carbocycles. The van der Waals surface area contributed by atoms with Crippen LogP contribution in [0.5, 0.6) is 0 Å². The van der Waals surface area contributed by atoms with Gasteiger partial charge in [0.2, 0.25) is 0 Å². The number of piperidine rings is 1. The largest absolute Gasteiger partial charge is 0.303 e. The zero-order valence-corrected chi connectivity index (χ0v) is 12.2. The molecule has 0 radical (unpaired) electrons. The molecule has 1 saturated heterocycles. The fraction of sp³-hybridized carbons (Fsp3) is 0.533. The Morgan fingerprint density at radius 1 is 1.17 bits per heavy atom. The third-order valence-electron chi connectivity index (χ3n) is 3.52. The highest BCUT2D eigenvalue weighted by molar-refractivity contribution is 7.97. The van der Waals surface area contributed by atoms with Gasteiger partial charge in [0.1, 0.15) is 6.29 Å². The van der Waals surface area contributed by atoms with Crippen molar-refractivity contribution in [3.05, 3.63) is 28.8 Å². The highest BCUT2D eigenvalue weighted by Gasteiger charge is 2.20. The second-order valence-electron chi connectivity index (χ2n) is 5.22. The Kier molecular flexibility index (Phi) is 4.46. The van der Waals surface area contributed by atoms with E-state index in [1.165, 1.54) is 21.6 Å². The Hall–Kier alpha value is -0.800. The molecule has 1 aliphatic rings. The van der Waals surface area contributed by atoms with Gasteiger partial charge in [-0.05, 0) is 56.7 Å². The Balaban J connectivity index is 2.04. The first-order valence-electron chi connectivity index (χ1n) is 6.56. The molecule has 1 aromatic rings. The van der Waals surface area contributed by atoms with Crippen LogP contribution in [0.3, 0.4) is 0 Å². The molecule has 18 heavy (non-hydrogen) atoms. The van der Waals surface area contributed by atoms with Crippen LogP contribution in [0.1, 0.15) is 29.5 Å². The minimum Gasteiger partial charge on any atom is -0.303 e. The molecule has 0 atom stereocenters. The fourth-order valence-electron chi connectivity index (χ4n) is 2.54. The summed E-state index contributed by atoms with van der Waals surface area (Å²) < 4.78 is 2.39. The molecule has 0 N–H and O–H groups in total. The molecule has 3 heteroatoms. The standard InChI is InChI=1S/C15H21NOS/c1-11-8-12(2)15(13(3)9-11)18-16-6-4-14(10-17)5-7-16/h8-10,14H,4-7H2,1-3H3. The molecule has 0 unspecified atom stereocenters. The molecule has 0 spiro atoms. The summed E-state index contributed by atoms with van der Waals surface area (Å²) in [6.45, 7) is 8.53. The first-order valence-corrected chi connectivity index (χ1v) is 7.33. The lowest BCUT2D eigenvalue weighted by Crippen LogP contribution is -2.29. The van der Waals surface area contributed by atoms with Gasteiger partial charge in [0.25, 0.3) is 0 Å². The van der Waals surface area contributed by atoms with Gasteiger partial charge in [-0.1, -0.05) is 17.7 Å².